The molecule has 0 saturated heterocycles. The van der Waals surface area contributed by atoms with Crippen LogP contribution in [0.5, 0.6) is 5.75 Å². The number of ether oxygens (including phenoxy) is 1. The first-order valence-electron chi connectivity index (χ1n) is 10.8. The van der Waals surface area contributed by atoms with Gasteiger partial charge >= 0.3 is 0 Å². The van der Waals surface area contributed by atoms with E-state index < -0.39 is 5.60 Å². The number of aliphatic hydroxyl groups is 1. The van der Waals surface area contributed by atoms with Crippen LogP contribution in [0.3, 0.4) is 0 Å². The maximum Gasteiger partial charge on any atom is 0.229 e. The number of halogens is 1. The monoisotopic (exact) mass is 461 g/mol. The SMILES string of the molecule is CNc1nc(Nc2ccc(-n3cnc(C)n3)c(OC)c2)nc2c1CC[C@@]2(O)c1ccc(F)cc1. The van der Waals surface area contributed by atoms with Crippen molar-refractivity contribution in [2.24, 2.45) is 0 Å². The van der Waals surface area contributed by atoms with Crippen LogP contribution in [0.25, 0.3) is 5.69 Å². The molecule has 10 heteroatoms. The van der Waals surface area contributed by atoms with Crippen molar-refractivity contribution < 1.29 is 14.2 Å². The van der Waals surface area contributed by atoms with Crippen molar-refractivity contribution in [2.45, 2.75) is 25.4 Å². The van der Waals surface area contributed by atoms with Crippen LogP contribution in [0.1, 0.15) is 29.1 Å². The van der Waals surface area contributed by atoms with Crippen LogP contribution in [0, 0.1) is 12.7 Å². The summed E-state index contributed by atoms with van der Waals surface area (Å²) in [6.07, 6.45) is 2.65. The third-order valence-electron chi connectivity index (χ3n) is 5.98. The van der Waals surface area contributed by atoms with Gasteiger partial charge in [0.25, 0.3) is 0 Å². The molecule has 2 heterocycles. The Morgan fingerprint density at radius 2 is 1.94 bits per heavy atom. The largest absolute Gasteiger partial charge is 0.494 e. The Bertz CT molecular complexity index is 1360. The van der Waals surface area contributed by atoms with Crippen LogP contribution in [0.15, 0.2) is 48.8 Å². The number of hydrogen-bond acceptors (Lipinski definition) is 8. The fraction of sp³-hybridized carbons (Fsp3) is 0.250. The Kier molecular flexibility index (Phi) is 5.37. The normalized spacial score (nSPS) is 16.9. The Morgan fingerprint density at radius 3 is 2.62 bits per heavy atom. The van der Waals surface area contributed by atoms with Crippen LogP contribution in [0.2, 0.25) is 0 Å². The molecule has 1 atom stereocenters. The molecule has 2 aromatic heterocycles. The first kappa shape index (κ1) is 21.8. The van der Waals surface area contributed by atoms with E-state index in [4.69, 9.17) is 4.74 Å². The average Bonchev–Trinajstić information content (AvgIpc) is 3.43. The molecule has 3 N–H and O–H groups in total. The molecule has 4 aromatic rings. The third kappa shape index (κ3) is 3.71. The van der Waals surface area contributed by atoms with E-state index in [1.807, 2.05) is 25.1 Å². The highest BCUT2D eigenvalue weighted by Gasteiger charge is 2.42. The number of aryl methyl sites for hydroxylation is 1. The van der Waals surface area contributed by atoms with Gasteiger partial charge in [0.1, 0.15) is 40.8 Å². The van der Waals surface area contributed by atoms with Crippen LogP contribution in [-0.4, -0.2) is 44.0 Å². The zero-order valence-electron chi connectivity index (χ0n) is 19.0. The molecule has 0 aliphatic heterocycles. The second kappa shape index (κ2) is 8.38. The predicted octanol–water partition coefficient (Wildman–Crippen LogP) is 3.48. The molecule has 9 nitrogen and oxygen atoms in total. The molecule has 0 unspecified atom stereocenters. The summed E-state index contributed by atoms with van der Waals surface area (Å²) < 4.78 is 20.7. The lowest BCUT2D eigenvalue weighted by molar-refractivity contribution is 0.0788. The molecule has 0 spiro atoms. The maximum atomic E-state index is 13.5. The number of hydrogen-bond donors (Lipinski definition) is 3. The summed E-state index contributed by atoms with van der Waals surface area (Å²) in [6, 6.07) is 11.4. The fourth-order valence-electron chi connectivity index (χ4n) is 4.29. The van der Waals surface area contributed by atoms with E-state index >= 15 is 0 Å². The minimum atomic E-state index is -1.33. The van der Waals surface area contributed by atoms with E-state index in [0.717, 1.165) is 11.3 Å². The summed E-state index contributed by atoms with van der Waals surface area (Å²) in [7, 11) is 3.36. The van der Waals surface area contributed by atoms with E-state index in [9.17, 15) is 9.50 Å². The van der Waals surface area contributed by atoms with Gasteiger partial charge in [-0.15, -0.1) is 0 Å². The van der Waals surface area contributed by atoms with Gasteiger partial charge in [-0.3, -0.25) is 0 Å². The summed E-state index contributed by atoms with van der Waals surface area (Å²) in [4.78, 5) is 13.4. The molecule has 0 radical (unpaired) electrons. The van der Waals surface area contributed by atoms with Crippen molar-refractivity contribution >= 4 is 17.5 Å². The van der Waals surface area contributed by atoms with Gasteiger partial charge in [-0.25, -0.2) is 19.0 Å². The molecular weight excluding hydrogens is 437 g/mol. The Morgan fingerprint density at radius 1 is 1.15 bits per heavy atom. The second-order valence-electron chi connectivity index (χ2n) is 8.09. The number of methoxy groups -OCH3 is 1. The van der Waals surface area contributed by atoms with E-state index in [-0.39, 0.29) is 5.82 Å². The van der Waals surface area contributed by atoms with Crippen LogP contribution in [-0.2, 0) is 12.0 Å². The van der Waals surface area contributed by atoms with Crippen molar-refractivity contribution in [1.82, 2.24) is 24.7 Å². The van der Waals surface area contributed by atoms with Gasteiger partial charge in [0.15, 0.2) is 0 Å². The van der Waals surface area contributed by atoms with Gasteiger partial charge in [-0.05, 0) is 49.6 Å². The van der Waals surface area contributed by atoms with Crippen LogP contribution in [0.4, 0.5) is 21.8 Å². The lowest BCUT2D eigenvalue weighted by Gasteiger charge is -2.24. The molecule has 0 saturated carbocycles. The molecule has 34 heavy (non-hydrogen) atoms. The lowest BCUT2D eigenvalue weighted by atomic mass is 9.91. The van der Waals surface area contributed by atoms with Crippen LogP contribution >= 0.6 is 0 Å². The summed E-state index contributed by atoms with van der Waals surface area (Å²) in [5.41, 5.74) is 2.04. The first-order chi connectivity index (χ1) is 16.4. The van der Waals surface area contributed by atoms with E-state index in [1.54, 1.807) is 37.3 Å². The quantitative estimate of drug-likeness (QED) is 0.400. The maximum absolute atomic E-state index is 13.5. The Hall–Kier alpha value is -4.05. The number of anilines is 3. The fourth-order valence-corrected chi connectivity index (χ4v) is 4.29. The van der Waals surface area contributed by atoms with E-state index in [0.29, 0.717) is 53.1 Å². The summed E-state index contributed by atoms with van der Waals surface area (Å²) >= 11 is 0. The molecule has 1 aliphatic carbocycles. The Balaban J connectivity index is 1.51. The highest BCUT2D eigenvalue weighted by molar-refractivity contribution is 5.64. The number of aromatic nitrogens is 5. The summed E-state index contributed by atoms with van der Waals surface area (Å²) in [5, 5.41) is 22.2. The number of fused-ring (bicyclic) bond motifs is 1. The van der Waals surface area contributed by atoms with Gasteiger partial charge in [0.2, 0.25) is 5.95 Å². The lowest BCUT2D eigenvalue weighted by Crippen LogP contribution is -2.26. The zero-order chi connectivity index (χ0) is 23.9. The van der Waals surface area contributed by atoms with Crippen molar-refractivity contribution in [3.8, 4) is 11.4 Å². The number of benzene rings is 2. The summed E-state index contributed by atoms with van der Waals surface area (Å²) in [5.74, 6) is 1.84. The van der Waals surface area contributed by atoms with Gasteiger partial charge in [-0.2, -0.15) is 10.1 Å². The minimum Gasteiger partial charge on any atom is -0.494 e. The predicted molar refractivity (Wildman–Crippen MR) is 125 cm³/mol. The molecule has 0 bridgehead atoms. The molecule has 1 aliphatic rings. The highest BCUT2D eigenvalue weighted by atomic mass is 19.1. The molecule has 5 rings (SSSR count). The zero-order valence-corrected chi connectivity index (χ0v) is 19.0. The standard InChI is InChI=1S/C24H24FN7O2/c1-14-27-13-32(31-14)19-9-8-17(12-20(19)34-3)28-23-29-21-18(22(26-2)30-23)10-11-24(21,33)15-4-6-16(25)7-5-15/h4-9,12-13,33H,10-11H2,1-3H3,(H2,26,28,29,30)/t24-/m1/s1. The Labute approximate surface area is 195 Å². The molecular formula is C24H24FN7O2. The smallest absolute Gasteiger partial charge is 0.229 e. The highest BCUT2D eigenvalue weighted by Crippen LogP contribution is 2.43. The van der Waals surface area contributed by atoms with E-state index in [1.165, 1.54) is 12.1 Å². The van der Waals surface area contributed by atoms with E-state index in [2.05, 4.69) is 30.7 Å². The molecule has 0 amide bonds. The molecule has 0 fully saturated rings. The van der Waals surface area contributed by atoms with Crippen LogP contribution < -0.4 is 15.4 Å². The van der Waals surface area contributed by atoms with Gasteiger partial charge in [-0.1, -0.05) is 12.1 Å². The van der Waals surface area contributed by atoms with Gasteiger partial charge in [0.05, 0.1) is 12.8 Å². The van der Waals surface area contributed by atoms with Crippen molar-refractivity contribution in [1.29, 1.82) is 0 Å². The molecule has 2 aromatic carbocycles. The summed E-state index contributed by atoms with van der Waals surface area (Å²) in [6.45, 7) is 1.82. The average molecular weight is 462 g/mol. The number of nitrogens with zero attached hydrogens (tertiary/aromatic N) is 5. The topological polar surface area (TPSA) is 110 Å². The number of rotatable bonds is 6. The van der Waals surface area contributed by atoms with Gasteiger partial charge < -0.3 is 20.5 Å². The first-order valence-corrected chi connectivity index (χ1v) is 10.8. The van der Waals surface area contributed by atoms with Crippen molar-refractivity contribution in [2.75, 3.05) is 24.8 Å². The second-order valence-corrected chi connectivity index (χ2v) is 8.09. The number of nitrogens with one attached hydrogen (secondary N) is 2. The van der Waals surface area contributed by atoms with Crippen molar-refractivity contribution in [3.63, 3.8) is 0 Å². The van der Waals surface area contributed by atoms with Gasteiger partial charge in [0, 0.05) is 24.4 Å². The van der Waals surface area contributed by atoms with Crippen molar-refractivity contribution in [3.05, 3.63) is 77.3 Å². The minimum absolute atomic E-state index is 0.317. The third-order valence-corrected chi connectivity index (χ3v) is 5.98. The molecule has 174 valence electrons.